The number of aromatic nitrogens is 2. The van der Waals surface area contributed by atoms with Crippen LogP contribution in [0.5, 0.6) is 0 Å². The molecule has 1 aromatic heterocycles. The lowest BCUT2D eigenvalue weighted by atomic mass is 10.1. The van der Waals surface area contributed by atoms with Crippen LogP contribution in [0.3, 0.4) is 0 Å². The Labute approximate surface area is 141 Å². The molecule has 1 saturated heterocycles. The van der Waals surface area contributed by atoms with Gasteiger partial charge in [-0.2, -0.15) is 0 Å². The Hall–Kier alpha value is -2.47. The van der Waals surface area contributed by atoms with Crippen molar-refractivity contribution < 1.29 is 9.53 Å². The normalized spacial score (nSPS) is 16.8. The van der Waals surface area contributed by atoms with E-state index in [9.17, 15) is 4.79 Å². The molecule has 126 valence electrons. The summed E-state index contributed by atoms with van der Waals surface area (Å²) in [5.74, 6) is 0.335. The number of carbonyl (C=O) groups excluding carboxylic acids is 1. The van der Waals surface area contributed by atoms with Gasteiger partial charge in [0.2, 0.25) is 5.95 Å². The second kappa shape index (κ2) is 7.88. The Balaban J connectivity index is 1.48. The van der Waals surface area contributed by atoms with Gasteiger partial charge in [0, 0.05) is 32.1 Å². The molecular formula is C18H22N4O2. The van der Waals surface area contributed by atoms with Crippen molar-refractivity contribution in [3.8, 4) is 0 Å². The van der Waals surface area contributed by atoms with Gasteiger partial charge in [-0.25, -0.2) is 9.97 Å². The fourth-order valence-electron chi connectivity index (χ4n) is 2.54. The minimum atomic E-state index is -0.179. The van der Waals surface area contributed by atoms with Crippen LogP contribution in [0.2, 0.25) is 0 Å². The maximum Gasteiger partial charge on any atom is 0.254 e. The van der Waals surface area contributed by atoms with Crippen LogP contribution in [0, 0.1) is 6.92 Å². The third-order valence-corrected chi connectivity index (χ3v) is 4.00. The standard InChI is InChI=1S/C18H22N4O2/c1-13-4-6-14(7-5-13)9-19-17(23)15-10-20-18(21-11-15)22-12-16-3-2-8-24-16/h4-7,10-11,16H,2-3,8-9,12H2,1H3,(H,19,23)(H,20,21,22). The third-order valence-electron chi connectivity index (χ3n) is 4.00. The van der Waals surface area contributed by atoms with Crippen molar-refractivity contribution in [2.75, 3.05) is 18.5 Å². The van der Waals surface area contributed by atoms with Crippen molar-refractivity contribution in [3.63, 3.8) is 0 Å². The van der Waals surface area contributed by atoms with E-state index in [1.54, 1.807) is 0 Å². The number of benzene rings is 1. The highest BCUT2D eigenvalue weighted by molar-refractivity contribution is 5.93. The van der Waals surface area contributed by atoms with E-state index in [1.165, 1.54) is 18.0 Å². The molecule has 0 radical (unpaired) electrons. The van der Waals surface area contributed by atoms with Crippen LogP contribution >= 0.6 is 0 Å². The number of ether oxygens (including phenoxy) is 1. The molecule has 24 heavy (non-hydrogen) atoms. The number of nitrogens with one attached hydrogen (secondary N) is 2. The van der Waals surface area contributed by atoms with Gasteiger partial charge < -0.3 is 15.4 Å². The molecular weight excluding hydrogens is 304 g/mol. The zero-order chi connectivity index (χ0) is 16.8. The first-order valence-electron chi connectivity index (χ1n) is 8.22. The van der Waals surface area contributed by atoms with Crippen LogP contribution in [0.1, 0.15) is 34.3 Å². The summed E-state index contributed by atoms with van der Waals surface area (Å²) in [6.45, 7) is 4.04. The van der Waals surface area contributed by atoms with Crippen molar-refractivity contribution in [1.82, 2.24) is 15.3 Å². The molecule has 1 aromatic carbocycles. The molecule has 2 N–H and O–H groups in total. The molecule has 3 rings (SSSR count). The summed E-state index contributed by atoms with van der Waals surface area (Å²) in [5, 5.41) is 6.01. The number of rotatable bonds is 6. The van der Waals surface area contributed by atoms with Gasteiger partial charge in [0.05, 0.1) is 11.7 Å². The largest absolute Gasteiger partial charge is 0.376 e. The van der Waals surface area contributed by atoms with Crippen molar-refractivity contribution in [3.05, 3.63) is 53.3 Å². The highest BCUT2D eigenvalue weighted by Gasteiger charge is 2.15. The predicted octanol–water partition coefficient (Wildman–Crippen LogP) is 2.31. The van der Waals surface area contributed by atoms with Gasteiger partial charge in [-0.3, -0.25) is 4.79 Å². The maximum atomic E-state index is 12.1. The van der Waals surface area contributed by atoms with E-state index in [0.29, 0.717) is 24.6 Å². The van der Waals surface area contributed by atoms with Crippen LogP contribution in [0.15, 0.2) is 36.7 Å². The smallest absolute Gasteiger partial charge is 0.254 e. The van der Waals surface area contributed by atoms with Crippen LogP contribution in [-0.2, 0) is 11.3 Å². The van der Waals surface area contributed by atoms with Crippen molar-refractivity contribution >= 4 is 11.9 Å². The first-order valence-corrected chi connectivity index (χ1v) is 8.22. The minimum Gasteiger partial charge on any atom is -0.376 e. The van der Waals surface area contributed by atoms with Crippen LogP contribution in [0.25, 0.3) is 0 Å². The molecule has 0 bridgehead atoms. The summed E-state index contributed by atoms with van der Waals surface area (Å²) in [6.07, 6.45) is 5.47. The molecule has 1 aliphatic rings. The lowest BCUT2D eigenvalue weighted by Gasteiger charge is -2.10. The van der Waals surface area contributed by atoms with Gasteiger partial charge in [-0.15, -0.1) is 0 Å². The summed E-state index contributed by atoms with van der Waals surface area (Å²) in [6, 6.07) is 8.06. The maximum absolute atomic E-state index is 12.1. The molecule has 0 spiro atoms. The van der Waals surface area contributed by atoms with E-state index >= 15 is 0 Å². The Morgan fingerprint density at radius 3 is 2.67 bits per heavy atom. The molecule has 6 nitrogen and oxygen atoms in total. The quantitative estimate of drug-likeness (QED) is 0.852. The topological polar surface area (TPSA) is 76.1 Å². The van der Waals surface area contributed by atoms with E-state index in [0.717, 1.165) is 25.0 Å². The number of amides is 1. The Kier molecular flexibility index (Phi) is 5.38. The van der Waals surface area contributed by atoms with E-state index in [1.807, 2.05) is 31.2 Å². The minimum absolute atomic E-state index is 0.179. The van der Waals surface area contributed by atoms with Gasteiger partial charge in [0.1, 0.15) is 0 Å². The number of carbonyl (C=O) groups is 1. The monoisotopic (exact) mass is 326 g/mol. The van der Waals surface area contributed by atoms with Gasteiger partial charge in [-0.05, 0) is 25.3 Å². The van der Waals surface area contributed by atoms with Crippen LogP contribution < -0.4 is 10.6 Å². The highest BCUT2D eigenvalue weighted by atomic mass is 16.5. The van der Waals surface area contributed by atoms with Crippen LogP contribution in [-0.4, -0.2) is 35.1 Å². The molecule has 6 heteroatoms. The second-order valence-corrected chi connectivity index (χ2v) is 5.98. The number of hydrogen-bond acceptors (Lipinski definition) is 5. The molecule has 2 heterocycles. The summed E-state index contributed by atoms with van der Waals surface area (Å²) >= 11 is 0. The van der Waals surface area contributed by atoms with Gasteiger partial charge in [0.25, 0.3) is 5.91 Å². The van der Waals surface area contributed by atoms with Gasteiger partial charge in [0.15, 0.2) is 0 Å². The zero-order valence-corrected chi connectivity index (χ0v) is 13.8. The summed E-state index contributed by atoms with van der Waals surface area (Å²) in [7, 11) is 0. The predicted molar refractivity (Wildman–Crippen MR) is 91.8 cm³/mol. The molecule has 0 aliphatic carbocycles. The number of nitrogens with zero attached hydrogens (tertiary/aromatic N) is 2. The molecule has 2 aromatic rings. The summed E-state index contributed by atoms with van der Waals surface area (Å²) < 4.78 is 5.54. The molecule has 1 amide bonds. The number of hydrogen-bond donors (Lipinski definition) is 2. The Morgan fingerprint density at radius 1 is 1.25 bits per heavy atom. The van der Waals surface area contributed by atoms with Crippen molar-refractivity contribution in [2.24, 2.45) is 0 Å². The lowest BCUT2D eigenvalue weighted by molar-refractivity contribution is 0.0950. The average Bonchev–Trinajstić information content (AvgIpc) is 3.13. The average molecular weight is 326 g/mol. The van der Waals surface area contributed by atoms with Gasteiger partial charge in [-0.1, -0.05) is 29.8 Å². The fourth-order valence-corrected chi connectivity index (χ4v) is 2.54. The molecule has 0 saturated carbocycles. The number of aryl methyl sites for hydroxylation is 1. The third kappa shape index (κ3) is 4.52. The highest BCUT2D eigenvalue weighted by Crippen LogP contribution is 2.12. The molecule has 1 fully saturated rings. The van der Waals surface area contributed by atoms with Crippen molar-refractivity contribution in [2.45, 2.75) is 32.4 Å². The summed E-state index contributed by atoms with van der Waals surface area (Å²) in [5.41, 5.74) is 2.71. The lowest BCUT2D eigenvalue weighted by Crippen LogP contribution is -2.23. The first kappa shape index (κ1) is 16.4. The van der Waals surface area contributed by atoms with E-state index < -0.39 is 0 Å². The van der Waals surface area contributed by atoms with E-state index in [2.05, 4.69) is 20.6 Å². The molecule has 1 aliphatic heterocycles. The van der Waals surface area contributed by atoms with E-state index in [4.69, 9.17) is 4.74 Å². The summed E-state index contributed by atoms with van der Waals surface area (Å²) in [4.78, 5) is 20.5. The Morgan fingerprint density at radius 2 is 2.00 bits per heavy atom. The van der Waals surface area contributed by atoms with E-state index in [-0.39, 0.29) is 12.0 Å². The SMILES string of the molecule is Cc1ccc(CNC(=O)c2cnc(NCC3CCCO3)nc2)cc1. The van der Waals surface area contributed by atoms with Crippen LogP contribution in [0.4, 0.5) is 5.95 Å². The number of anilines is 1. The fraction of sp³-hybridized carbons (Fsp3) is 0.389. The van der Waals surface area contributed by atoms with Gasteiger partial charge >= 0.3 is 0 Å². The molecule has 1 unspecified atom stereocenters. The molecule has 1 atom stereocenters. The second-order valence-electron chi connectivity index (χ2n) is 5.98. The zero-order valence-electron chi connectivity index (χ0n) is 13.8. The first-order chi connectivity index (χ1) is 11.7. The van der Waals surface area contributed by atoms with Crippen molar-refractivity contribution in [1.29, 1.82) is 0 Å². The Bertz CT molecular complexity index is 664.